The summed E-state index contributed by atoms with van der Waals surface area (Å²) in [5.74, 6) is 0.337. The molecule has 0 spiro atoms. The second-order valence-corrected chi connectivity index (χ2v) is 4.71. The molecular weight excluding hydrogens is 285 g/mol. The normalized spacial score (nSPS) is 12.5. The van der Waals surface area contributed by atoms with Crippen molar-refractivity contribution < 1.29 is 9.13 Å². The van der Waals surface area contributed by atoms with Crippen LogP contribution in [-0.2, 0) is 6.54 Å². The first-order valence-corrected chi connectivity index (χ1v) is 6.95. The van der Waals surface area contributed by atoms with Crippen molar-refractivity contribution in [2.75, 3.05) is 12.4 Å². The number of hydrogen-bond acceptors (Lipinski definition) is 2. The summed E-state index contributed by atoms with van der Waals surface area (Å²) in [6.07, 6.45) is 2.09. The number of nitrogens with one attached hydrogen (secondary N) is 1. The average molecular weight is 304 g/mol. The van der Waals surface area contributed by atoms with E-state index in [-0.39, 0.29) is 5.82 Å². The lowest BCUT2D eigenvalue weighted by molar-refractivity contribution is 0.409. The lowest BCUT2D eigenvalue weighted by Gasteiger charge is -2.16. The van der Waals surface area contributed by atoms with Crippen molar-refractivity contribution in [3.05, 3.63) is 29.6 Å². The van der Waals surface area contributed by atoms with Gasteiger partial charge in [0, 0.05) is 29.5 Å². The van der Waals surface area contributed by atoms with Crippen LogP contribution in [0.3, 0.4) is 0 Å². The molecular formula is C13H19BrFNO. The Bertz CT molecular complexity index is 346. The molecule has 1 atom stereocenters. The molecule has 0 aliphatic rings. The molecule has 1 N–H and O–H groups in total. The van der Waals surface area contributed by atoms with E-state index in [9.17, 15) is 4.39 Å². The molecule has 0 bridgehead atoms. The second-order valence-electron chi connectivity index (χ2n) is 3.92. The SMILES string of the molecule is CCC(CCBr)NCc1ccc(OC)cc1F. The Hall–Kier alpha value is -0.610. The van der Waals surface area contributed by atoms with E-state index in [0.29, 0.717) is 23.9 Å². The van der Waals surface area contributed by atoms with E-state index < -0.39 is 0 Å². The van der Waals surface area contributed by atoms with Crippen LogP contribution in [0.5, 0.6) is 5.75 Å². The van der Waals surface area contributed by atoms with E-state index in [1.54, 1.807) is 12.1 Å². The molecule has 0 aromatic heterocycles. The van der Waals surface area contributed by atoms with Crippen LogP contribution in [0.4, 0.5) is 4.39 Å². The first kappa shape index (κ1) is 14.5. The molecule has 96 valence electrons. The van der Waals surface area contributed by atoms with Gasteiger partial charge in [-0.05, 0) is 18.9 Å². The molecule has 1 aromatic carbocycles. The summed E-state index contributed by atoms with van der Waals surface area (Å²) in [6.45, 7) is 2.69. The largest absolute Gasteiger partial charge is 0.497 e. The maximum Gasteiger partial charge on any atom is 0.131 e. The summed E-state index contributed by atoms with van der Waals surface area (Å²) >= 11 is 3.42. The topological polar surface area (TPSA) is 21.3 Å². The fourth-order valence-corrected chi connectivity index (χ4v) is 2.19. The Morgan fingerprint density at radius 2 is 2.24 bits per heavy atom. The molecule has 0 amide bonds. The number of hydrogen-bond donors (Lipinski definition) is 1. The van der Waals surface area contributed by atoms with Gasteiger partial charge in [-0.1, -0.05) is 28.9 Å². The number of rotatable bonds is 7. The van der Waals surface area contributed by atoms with Crippen molar-refractivity contribution in [2.24, 2.45) is 0 Å². The smallest absolute Gasteiger partial charge is 0.131 e. The highest BCUT2D eigenvalue weighted by Crippen LogP contribution is 2.16. The third kappa shape index (κ3) is 4.64. The molecule has 0 radical (unpaired) electrons. The Balaban J connectivity index is 2.56. The van der Waals surface area contributed by atoms with Gasteiger partial charge in [0.25, 0.3) is 0 Å². The highest BCUT2D eigenvalue weighted by molar-refractivity contribution is 9.09. The summed E-state index contributed by atoms with van der Waals surface area (Å²) < 4.78 is 18.6. The van der Waals surface area contributed by atoms with Crippen LogP contribution in [0.2, 0.25) is 0 Å². The third-order valence-corrected chi connectivity index (χ3v) is 3.25. The molecule has 4 heteroatoms. The van der Waals surface area contributed by atoms with Crippen LogP contribution in [0.25, 0.3) is 0 Å². The van der Waals surface area contributed by atoms with Crippen LogP contribution in [-0.4, -0.2) is 18.5 Å². The zero-order chi connectivity index (χ0) is 12.7. The Kier molecular flexibility index (Phi) is 6.52. The van der Waals surface area contributed by atoms with Gasteiger partial charge < -0.3 is 10.1 Å². The molecule has 1 aromatic rings. The first-order chi connectivity index (χ1) is 8.21. The molecule has 1 rings (SSSR count). The van der Waals surface area contributed by atoms with Crippen molar-refractivity contribution in [1.82, 2.24) is 5.32 Å². The van der Waals surface area contributed by atoms with Gasteiger partial charge in [0.1, 0.15) is 11.6 Å². The van der Waals surface area contributed by atoms with Crippen molar-refractivity contribution in [3.63, 3.8) is 0 Å². The average Bonchev–Trinajstić information content (AvgIpc) is 2.35. The minimum Gasteiger partial charge on any atom is -0.497 e. The van der Waals surface area contributed by atoms with Crippen LogP contribution >= 0.6 is 15.9 Å². The number of halogens is 2. The van der Waals surface area contributed by atoms with Gasteiger partial charge >= 0.3 is 0 Å². The lowest BCUT2D eigenvalue weighted by Crippen LogP contribution is -2.28. The Labute approximate surface area is 111 Å². The summed E-state index contributed by atoms with van der Waals surface area (Å²) in [4.78, 5) is 0. The molecule has 1 unspecified atom stereocenters. The summed E-state index contributed by atoms with van der Waals surface area (Å²) in [6, 6.07) is 5.39. The zero-order valence-corrected chi connectivity index (χ0v) is 11.9. The maximum atomic E-state index is 13.6. The van der Waals surface area contributed by atoms with E-state index in [1.807, 2.05) is 0 Å². The van der Waals surface area contributed by atoms with Gasteiger partial charge in [0.05, 0.1) is 7.11 Å². The molecule has 2 nitrogen and oxygen atoms in total. The van der Waals surface area contributed by atoms with Crippen LogP contribution < -0.4 is 10.1 Å². The molecule has 0 aliphatic carbocycles. The zero-order valence-electron chi connectivity index (χ0n) is 10.3. The molecule has 0 heterocycles. The number of benzene rings is 1. The van der Waals surface area contributed by atoms with E-state index in [4.69, 9.17) is 4.74 Å². The molecule has 0 aliphatic heterocycles. The van der Waals surface area contributed by atoms with E-state index in [1.165, 1.54) is 13.2 Å². The predicted molar refractivity (Wildman–Crippen MR) is 72.3 cm³/mol. The van der Waals surface area contributed by atoms with E-state index in [2.05, 4.69) is 28.2 Å². The molecule has 0 saturated heterocycles. The van der Waals surface area contributed by atoms with Crippen molar-refractivity contribution >= 4 is 15.9 Å². The van der Waals surface area contributed by atoms with Crippen LogP contribution in [0.1, 0.15) is 25.3 Å². The van der Waals surface area contributed by atoms with E-state index in [0.717, 1.165) is 18.2 Å². The number of ether oxygens (including phenoxy) is 1. The maximum absolute atomic E-state index is 13.6. The monoisotopic (exact) mass is 303 g/mol. The highest BCUT2D eigenvalue weighted by atomic mass is 79.9. The summed E-state index contributed by atoms with van der Waals surface area (Å²) in [5, 5.41) is 4.32. The van der Waals surface area contributed by atoms with E-state index >= 15 is 0 Å². The van der Waals surface area contributed by atoms with Crippen LogP contribution in [0.15, 0.2) is 18.2 Å². The number of alkyl halides is 1. The summed E-state index contributed by atoms with van der Waals surface area (Å²) in [7, 11) is 1.54. The molecule has 0 saturated carbocycles. The van der Waals surface area contributed by atoms with Crippen molar-refractivity contribution in [1.29, 1.82) is 0 Å². The summed E-state index contributed by atoms with van der Waals surface area (Å²) in [5.41, 5.74) is 0.679. The van der Waals surface area contributed by atoms with Gasteiger partial charge in [0.2, 0.25) is 0 Å². The first-order valence-electron chi connectivity index (χ1n) is 5.83. The molecule has 17 heavy (non-hydrogen) atoms. The van der Waals surface area contributed by atoms with Gasteiger partial charge in [-0.15, -0.1) is 0 Å². The van der Waals surface area contributed by atoms with Gasteiger partial charge in [-0.25, -0.2) is 4.39 Å². The van der Waals surface area contributed by atoms with Gasteiger partial charge in [-0.3, -0.25) is 0 Å². The third-order valence-electron chi connectivity index (χ3n) is 2.79. The predicted octanol–water partition coefficient (Wildman–Crippen LogP) is 3.49. The van der Waals surface area contributed by atoms with Gasteiger partial charge in [0.15, 0.2) is 0 Å². The second kappa shape index (κ2) is 7.67. The standard InChI is InChI=1S/C13H19BrFNO/c1-3-11(6-7-14)16-9-10-4-5-12(17-2)8-13(10)15/h4-5,8,11,16H,3,6-7,9H2,1-2H3. The fraction of sp³-hybridized carbons (Fsp3) is 0.538. The molecule has 0 fully saturated rings. The minimum absolute atomic E-state index is 0.217. The van der Waals surface area contributed by atoms with Crippen LogP contribution in [0, 0.1) is 5.82 Å². The van der Waals surface area contributed by atoms with Gasteiger partial charge in [-0.2, -0.15) is 0 Å². The minimum atomic E-state index is -0.217. The number of methoxy groups -OCH3 is 1. The Morgan fingerprint density at radius 1 is 1.47 bits per heavy atom. The quantitative estimate of drug-likeness (QED) is 0.779. The fourth-order valence-electron chi connectivity index (χ4n) is 1.63. The van der Waals surface area contributed by atoms with Crippen molar-refractivity contribution in [3.8, 4) is 5.75 Å². The van der Waals surface area contributed by atoms with Crippen molar-refractivity contribution in [2.45, 2.75) is 32.4 Å². The lowest BCUT2D eigenvalue weighted by atomic mass is 10.1. The Morgan fingerprint density at radius 3 is 2.76 bits per heavy atom. The highest BCUT2D eigenvalue weighted by Gasteiger charge is 2.07.